The summed E-state index contributed by atoms with van der Waals surface area (Å²) in [5.74, 6) is 0.192. The predicted molar refractivity (Wildman–Crippen MR) is 60.9 cm³/mol. The Morgan fingerprint density at radius 1 is 1.50 bits per heavy atom. The van der Waals surface area contributed by atoms with Gasteiger partial charge >= 0.3 is 6.03 Å². The minimum atomic E-state index is -0.357. The maximum atomic E-state index is 13.6. The summed E-state index contributed by atoms with van der Waals surface area (Å²) < 4.78 is 13.6. The molecule has 86 valence electrons. The van der Waals surface area contributed by atoms with Crippen LogP contribution in [0.1, 0.15) is 12.5 Å². The number of carbonyl (C=O) groups excluding carboxylic acids is 1. The molecular weight excluding hydrogens is 207 g/mol. The molecule has 0 aromatic heterocycles. The van der Waals surface area contributed by atoms with Crippen molar-refractivity contribution >= 4 is 11.7 Å². The van der Waals surface area contributed by atoms with Crippen molar-refractivity contribution in [2.24, 2.45) is 5.92 Å². The van der Waals surface area contributed by atoms with Crippen molar-refractivity contribution in [1.29, 1.82) is 0 Å². The van der Waals surface area contributed by atoms with Crippen molar-refractivity contribution in [3.8, 4) is 0 Å². The molecule has 0 aliphatic carbocycles. The Kier molecular flexibility index (Phi) is 2.81. The second-order valence-corrected chi connectivity index (χ2v) is 4.38. The average Bonchev–Trinajstić information content (AvgIpc) is 2.20. The summed E-state index contributed by atoms with van der Waals surface area (Å²) in [5, 5.41) is 2.59. The highest BCUT2D eigenvalue weighted by atomic mass is 19.1. The summed E-state index contributed by atoms with van der Waals surface area (Å²) in [6.07, 6.45) is 0. The zero-order valence-corrected chi connectivity index (χ0v) is 9.46. The van der Waals surface area contributed by atoms with Crippen molar-refractivity contribution in [1.82, 2.24) is 4.90 Å². The fraction of sp³-hybridized carbons (Fsp3) is 0.417. The lowest BCUT2D eigenvalue weighted by atomic mass is 10.0. The van der Waals surface area contributed by atoms with Gasteiger partial charge in [0, 0.05) is 13.1 Å². The monoisotopic (exact) mass is 222 g/mol. The van der Waals surface area contributed by atoms with E-state index in [1.54, 1.807) is 30.0 Å². The molecule has 0 atom stereocenters. The molecule has 1 N–H and O–H groups in total. The summed E-state index contributed by atoms with van der Waals surface area (Å²) in [7, 11) is 0. The maximum absolute atomic E-state index is 13.6. The summed E-state index contributed by atoms with van der Waals surface area (Å²) in [4.78, 5) is 13.3. The molecule has 0 bridgehead atoms. The first-order valence-corrected chi connectivity index (χ1v) is 5.39. The summed E-state index contributed by atoms with van der Waals surface area (Å²) >= 11 is 0. The second kappa shape index (κ2) is 4.12. The molecule has 1 aromatic carbocycles. The van der Waals surface area contributed by atoms with Crippen LogP contribution in [0.4, 0.5) is 14.9 Å². The van der Waals surface area contributed by atoms with Gasteiger partial charge in [0.1, 0.15) is 5.82 Å². The molecule has 0 radical (unpaired) electrons. The van der Waals surface area contributed by atoms with Crippen molar-refractivity contribution in [3.63, 3.8) is 0 Å². The molecule has 1 aliphatic rings. The third-order valence-electron chi connectivity index (χ3n) is 2.78. The van der Waals surface area contributed by atoms with E-state index in [0.717, 1.165) is 13.1 Å². The number of likely N-dealkylation sites (tertiary alicyclic amines) is 1. The molecule has 1 saturated heterocycles. The molecule has 16 heavy (non-hydrogen) atoms. The number of hydrogen-bond donors (Lipinski definition) is 1. The Bertz CT molecular complexity index is 413. The standard InChI is InChI=1S/C12H15FN2O/c1-8-6-15(7-8)12(16)14-10-5-3-4-9(2)11(10)13/h3-5,8H,6-7H2,1-2H3,(H,14,16). The SMILES string of the molecule is Cc1cccc(NC(=O)N2CC(C)C2)c1F. The number of benzene rings is 1. The van der Waals surface area contributed by atoms with Crippen LogP contribution in [0, 0.1) is 18.7 Å². The molecule has 1 aromatic rings. The van der Waals surface area contributed by atoms with Gasteiger partial charge in [0.05, 0.1) is 5.69 Å². The third kappa shape index (κ3) is 2.01. The Hall–Kier alpha value is -1.58. The first-order chi connectivity index (χ1) is 7.58. The van der Waals surface area contributed by atoms with E-state index in [4.69, 9.17) is 0 Å². The van der Waals surface area contributed by atoms with Crippen LogP contribution in [-0.4, -0.2) is 24.0 Å². The Balaban J connectivity index is 2.04. The second-order valence-electron chi connectivity index (χ2n) is 4.38. The summed E-state index contributed by atoms with van der Waals surface area (Å²) in [6.45, 7) is 5.26. The van der Waals surface area contributed by atoms with E-state index in [1.807, 2.05) is 0 Å². The molecule has 0 saturated carbocycles. The molecule has 4 heteroatoms. The fourth-order valence-corrected chi connectivity index (χ4v) is 1.80. The fourth-order valence-electron chi connectivity index (χ4n) is 1.80. The van der Waals surface area contributed by atoms with Crippen LogP contribution >= 0.6 is 0 Å². The number of anilines is 1. The number of amides is 2. The third-order valence-corrected chi connectivity index (χ3v) is 2.78. The van der Waals surface area contributed by atoms with Gasteiger partial charge in [0.2, 0.25) is 0 Å². The number of hydrogen-bond acceptors (Lipinski definition) is 1. The van der Waals surface area contributed by atoms with Gasteiger partial charge in [0.25, 0.3) is 0 Å². The number of nitrogens with one attached hydrogen (secondary N) is 1. The number of rotatable bonds is 1. The van der Waals surface area contributed by atoms with E-state index in [-0.39, 0.29) is 17.5 Å². The molecule has 1 heterocycles. The molecule has 0 spiro atoms. The van der Waals surface area contributed by atoms with Crippen LogP contribution in [0.5, 0.6) is 0 Å². The quantitative estimate of drug-likeness (QED) is 0.778. The molecule has 1 fully saturated rings. The van der Waals surface area contributed by atoms with Gasteiger partial charge in [-0.25, -0.2) is 9.18 Å². The largest absolute Gasteiger partial charge is 0.324 e. The van der Waals surface area contributed by atoms with Crippen molar-refractivity contribution < 1.29 is 9.18 Å². The topological polar surface area (TPSA) is 32.3 Å². The van der Waals surface area contributed by atoms with E-state index >= 15 is 0 Å². The van der Waals surface area contributed by atoms with E-state index < -0.39 is 0 Å². The van der Waals surface area contributed by atoms with Crippen molar-refractivity contribution in [2.75, 3.05) is 18.4 Å². The van der Waals surface area contributed by atoms with Crippen molar-refractivity contribution in [3.05, 3.63) is 29.6 Å². The average molecular weight is 222 g/mol. The van der Waals surface area contributed by atoms with Gasteiger partial charge in [-0.1, -0.05) is 19.1 Å². The van der Waals surface area contributed by atoms with Gasteiger partial charge in [-0.15, -0.1) is 0 Å². The van der Waals surface area contributed by atoms with Crippen molar-refractivity contribution in [2.45, 2.75) is 13.8 Å². The molecule has 2 amide bonds. The van der Waals surface area contributed by atoms with Gasteiger partial charge in [0.15, 0.2) is 0 Å². The van der Waals surface area contributed by atoms with E-state index in [2.05, 4.69) is 12.2 Å². The van der Waals surface area contributed by atoms with Crippen LogP contribution in [0.2, 0.25) is 0 Å². The highest BCUT2D eigenvalue weighted by Crippen LogP contribution is 2.20. The summed E-state index contributed by atoms with van der Waals surface area (Å²) in [5.41, 5.74) is 0.791. The highest BCUT2D eigenvalue weighted by Gasteiger charge is 2.27. The van der Waals surface area contributed by atoms with Gasteiger partial charge in [-0.2, -0.15) is 0 Å². The predicted octanol–water partition coefficient (Wildman–Crippen LogP) is 2.62. The zero-order chi connectivity index (χ0) is 11.7. The number of carbonyl (C=O) groups is 1. The lowest BCUT2D eigenvalue weighted by Crippen LogP contribution is -2.50. The Labute approximate surface area is 94.3 Å². The Morgan fingerprint density at radius 2 is 2.19 bits per heavy atom. The summed E-state index contributed by atoms with van der Waals surface area (Å²) in [6, 6.07) is 4.76. The minimum Gasteiger partial charge on any atom is -0.324 e. The number of nitrogens with zero attached hydrogens (tertiary/aromatic N) is 1. The first kappa shape index (κ1) is 10.9. The lowest BCUT2D eigenvalue weighted by Gasteiger charge is -2.37. The first-order valence-electron chi connectivity index (χ1n) is 5.39. The smallest absolute Gasteiger partial charge is 0.321 e. The van der Waals surface area contributed by atoms with Gasteiger partial charge in [-0.05, 0) is 24.5 Å². The van der Waals surface area contributed by atoms with Crippen LogP contribution in [0.25, 0.3) is 0 Å². The number of urea groups is 1. The van der Waals surface area contributed by atoms with Crippen LogP contribution in [0.15, 0.2) is 18.2 Å². The Morgan fingerprint density at radius 3 is 2.81 bits per heavy atom. The lowest BCUT2D eigenvalue weighted by molar-refractivity contribution is 0.140. The minimum absolute atomic E-state index is 0.220. The van der Waals surface area contributed by atoms with E-state index in [0.29, 0.717) is 11.5 Å². The van der Waals surface area contributed by atoms with Gasteiger partial charge < -0.3 is 10.2 Å². The number of aryl methyl sites for hydroxylation is 1. The normalized spacial score (nSPS) is 15.8. The van der Waals surface area contributed by atoms with Gasteiger partial charge in [-0.3, -0.25) is 0 Å². The van der Waals surface area contributed by atoms with Crippen LogP contribution in [0.3, 0.4) is 0 Å². The molecule has 0 unspecified atom stereocenters. The maximum Gasteiger partial charge on any atom is 0.321 e. The highest BCUT2D eigenvalue weighted by molar-refractivity contribution is 5.90. The molecule has 2 rings (SSSR count). The molecule has 3 nitrogen and oxygen atoms in total. The van der Waals surface area contributed by atoms with E-state index in [9.17, 15) is 9.18 Å². The zero-order valence-electron chi connectivity index (χ0n) is 9.46. The molecular formula is C12H15FN2O. The van der Waals surface area contributed by atoms with Crippen LogP contribution < -0.4 is 5.32 Å². The molecule has 1 aliphatic heterocycles. The number of halogens is 1. The van der Waals surface area contributed by atoms with E-state index in [1.165, 1.54) is 0 Å². The van der Waals surface area contributed by atoms with Crippen LogP contribution in [-0.2, 0) is 0 Å².